The monoisotopic (exact) mass is 484 g/mol. The van der Waals surface area contributed by atoms with Crippen molar-refractivity contribution >= 4 is 29.9 Å². The molecule has 0 bridgehead atoms. The molecule has 1 aliphatic heterocycles. The average Bonchev–Trinajstić information content (AvgIpc) is 3.03. The Labute approximate surface area is 178 Å². The Balaban J connectivity index is 0.00000261. The summed E-state index contributed by atoms with van der Waals surface area (Å²) in [5.74, 6) is 3.55. The number of hydrogen-bond donors (Lipinski definition) is 2. The minimum absolute atomic E-state index is 0. The molecule has 0 aliphatic carbocycles. The van der Waals surface area contributed by atoms with Crippen molar-refractivity contribution in [2.75, 3.05) is 20.7 Å². The first-order valence-electron chi connectivity index (χ1n) is 9.12. The summed E-state index contributed by atoms with van der Waals surface area (Å²) in [6.07, 6.45) is 3.03. The highest BCUT2D eigenvalue weighted by Crippen LogP contribution is 2.23. The molecular formula is C19H29IN6O. The van der Waals surface area contributed by atoms with E-state index >= 15 is 0 Å². The molecule has 1 aromatic heterocycles. The van der Waals surface area contributed by atoms with E-state index in [0.717, 1.165) is 61.3 Å². The van der Waals surface area contributed by atoms with Gasteiger partial charge in [-0.05, 0) is 50.3 Å². The van der Waals surface area contributed by atoms with E-state index in [0.29, 0.717) is 0 Å². The minimum Gasteiger partial charge on any atom is -0.496 e. The van der Waals surface area contributed by atoms with Gasteiger partial charge in [0.2, 0.25) is 0 Å². The van der Waals surface area contributed by atoms with E-state index in [2.05, 4.69) is 50.8 Å². The molecule has 1 unspecified atom stereocenters. The van der Waals surface area contributed by atoms with Crippen molar-refractivity contribution in [1.29, 1.82) is 0 Å². The third-order valence-electron chi connectivity index (χ3n) is 4.69. The first-order chi connectivity index (χ1) is 12.6. The Bertz CT molecular complexity index is 789. The third-order valence-corrected chi connectivity index (χ3v) is 4.69. The van der Waals surface area contributed by atoms with Crippen LogP contribution in [0.5, 0.6) is 5.75 Å². The normalized spacial score (nSPS) is 16.3. The maximum absolute atomic E-state index is 5.40. The Morgan fingerprint density at radius 3 is 2.93 bits per heavy atom. The second-order valence-corrected chi connectivity index (χ2v) is 6.63. The van der Waals surface area contributed by atoms with Crippen LogP contribution in [0.25, 0.3) is 0 Å². The Morgan fingerprint density at radius 1 is 1.37 bits per heavy atom. The van der Waals surface area contributed by atoms with Crippen molar-refractivity contribution < 1.29 is 4.74 Å². The predicted molar refractivity (Wildman–Crippen MR) is 118 cm³/mol. The van der Waals surface area contributed by atoms with Gasteiger partial charge in [0.15, 0.2) is 5.96 Å². The number of methoxy groups -OCH3 is 1. The van der Waals surface area contributed by atoms with Crippen molar-refractivity contribution in [3.8, 4) is 5.75 Å². The highest BCUT2D eigenvalue weighted by molar-refractivity contribution is 14.0. The zero-order valence-corrected chi connectivity index (χ0v) is 18.8. The van der Waals surface area contributed by atoms with Crippen molar-refractivity contribution in [3.63, 3.8) is 0 Å². The number of hydrogen-bond acceptors (Lipinski definition) is 4. The van der Waals surface area contributed by atoms with E-state index in [1.807, 2.05) is 11.6 Å². The average molecular weight is 484 g/mol. The fraction of sp³-hybridized carbons (Fsp3) is 0.526. The molecular weight excluding hydrogens is 455 g/mol. The molecule has 3 rings (SSSR count). The van der Waals surface area contributed by atoms with Crippen molar-refractivity contribution in [2.45, 2.75) is 45.7 Å². The molecule has 0 saturated carbocycles. The van der Waals surface area contributed by atoms with Crippen LogP contribution in [0.15, 0.2) is 23.2 Å². The number of nitrogens with one attached hydrogen (secondary N) is 2. The second kappa shape index (κ2) is 9.91. The quantitative estimate of drug-likeness (QED) is 0.388. The smallest absolute Gasteiger partial charge is 0.191 e. The van der Waals surface area contributed by atoms with Gasteiger partial charge in [-0.2, -0.15) is 5.10 Å². The first-order valence-corrected chi connectivity index (χ1v) is 9.12. The van der Waals surface area contributed by atoms with E-state index < -0.39 is 0 Å². The SMILES string of the molecule is CN=C(NCCc1ccc(C)c(OC)c1)NC1CCCn2nc(C)nc21.I. The van der Waals surface area contributed by atoms with Crippen molar-refractivity contribution in [3.05, 3.63) is 41.0 Å². The second-order valence-electron chi connectivity index (χ2n) is 6.63. The van der Waals surface area contributed by atoms with Gasteiger partial charge in [-0.15, -0.1) is 24.0 Å². The molecule has 2 heterocycles. The Kier molecular flexibility index (Phi) is 7.88. The van der Waals surface area contributed by atoms with E-state index in [1.54, 1.807) is 14.2 Å². The molecule has 0 spiro atoms. The zero-order valence-electron chi connectivity index (χ0n) is 16.5. The number of aromatic nitrogens is 3. The molecule has 1 atom stereocenters. The van der Waals surface area contributed by atoms with Crippen LogP contribution in [0.3, 0.4) is 0 Å². The standard InChI is InChI=1S/C19H28N6O.HI/c1-13-7-8-15(12-17(13)26-4)9-10-21-19(20-3)23-16-6-5-11-25-18(16)22-14(2)24-25;/h7-8,12,16H,5-6,9-11H2,1-4H3,(H2,20,21,23);1H. The minimum atomic E-state index is 0. The van der Waals surface area contributed by atoms with Gasteiger partial charge in [0.1, 0.15) is 17.4 Å². The number of nitrogens with zero attached hydrogens (tertiary/aromatic N) is 4. The van der Waals surface area contributed by atoms with Gasteiger partial charge < -0.3 is 15.4 Å². The molecule has 27 heavy (non-hydrogen) atoms. The maximum Gasteiger partial charge on any atom is 0.191 e. The lowest BCUT2D eigenvalue weighted by molar-refractivity contribution is 0.397. The van der Waals surface area contributed by atoms with Crippen LogP contribution in [-0.4, -0.2) is 41.4 Å². The Hall–Kier alpha value is -1.84. The number of aliphatic imine (C=N–C) groups is 1. The lowest BCUT2D eigenvalue weighted by atomic mass is 10.1. The van der Waals surface area contributed by atoms with E-state index in [-0.39, 0.29) is 30.0 Å². The van der Waals surface area contributed by atoms with E-state index in [4.69, 9.17) is 4.74 Å². The molecule has 7 nitrogen and oxygen atoms in total. The lowest BCUT2D eigenvalue weighted by Crippen LogP contribution is -2.42. The van der Waals surface area contributed by atoms with Gasteiger partial charge in [-0.25, -0.2) is 9.67 Å². The van der Waals surface area contributed by atoms with Gasteiger partial charge in [-0.1, -0.05) is 12.1 Å². The van der Waals surface area contributed by atoms with Gasteiger partial charge in [0, 0.05) is 20.1 Å². The number of benzene rings is 1. The molecule has 1 aliphatic rings. The zero-order chi connectivity index (χ0) is 18.5. The third kappa shape index (κ3) is 5.33. The predicted octanol–water partition coefficient (Wildman–Crippen LogP) is 2.76. The maximum atomic E-state index is 5.40. The van der Waals surface area contributed by atoms with Crippen LogP contribution in [-0.2, 0) is 13.0 Å². The first kappa shape index (κ1) is 21.5. The summed E-state index contributed by atoms with van der Waals surface area (Å²) < 4.78 is 7.40. The lowest BCUT2D eigenvalue weighted by Gasteiger charge is -2.25. The molecule has 0 fully saturated rings. The van der Waals surface area contributed by atoms with E-state index in [1.165, 1.54) is 5.56 Å². The number of guanidine groups is 1. The molecule has 2 N–H and O–H groups in total. The van der Waals surface area contributed by atoms with E-state index in [9.17, 15) is 0 Å². The fourth-order valence-electron chi connectivity index (χ4n) is 3.31. The molecule has 1 aromatic carbocycles. The largest absolute Gasteiger partial charge is 0.496 e. The summed E-state index contributed by atoms with van der Waals surface area (Å²) in [5.41, 5.74) is 2.39. The van der Waals surface area contributed by atoms with Crippen LogP contribution in [0, 0.1) is 13.8 Å². The van der Waals surface area contributed by atoms with Gasteiger partial charge in [0.25, 0.3) is 0 Å². The Morgan fingerprint density at radius 2 is 2.19 bits per heavy atom. The summed E-state index contributed by atoms with van der Waals surface area (Å²) >= 11 is 0. The summed E-state index contributed by atoms with van der Waals surface area (Å²) in [6.45, 7) is 5.72. The van der Waals surface area contributed by atoms with Crippen LogP contribution < -0.4 is 15.4 Å². The van der Waals surface area contributed by atoms with Crippen LogP contribution in [0.2, 0.25) is 0 Å². The number of ether oxygens (including phenoxy) is 1. The molecule has 148 valence electrons. The van der Waals surface area contributed by atoms with Gasteiger partial charge in [-0.3, -0.25) is 4.99 Å². The molecule has 2 aromatic rings. The topological polar surface area (TPSA) is 76.4 Å². The fourth-order valence-corrected chi connectivity index (χ4v) is 3.31. The van der Waals surface area contributed by atoms with Crippen molar-refractivity contribution in [1.82, 2.24) is 25.4 Å². The summed E-state index contributed by atoms with van der Waals surface area (Å²) in [4.78, 5) is 8.92. The highest BCUT2D eigenvalue weighted by Gasteiger charge is 2.24. The number of fused-ring (bicyclic) bond motifs is 1. The van der Waals surface area contributed by atoms with Gasteiger partial charge in [0.05, 0.1) is 13.2 Å². The molecule has 0 radical (unpaired) electrons. The van der Waals surface area contributed by atoms with Crippen molar-refractivity contribution in [2.24, 2.45) is 4.99 Å². The molecule has 0 amide bonds. The van der Waals surface area contributed by atoms with Crippen LogP contribution in [0.4, 0.5) is 0 Å². The van der Waals surface area contributed by atoms with Gasteiger partial charge >= 0.3 is 0 Å². The number of halogens is 1. The van der Waals surface area contributed by atoms with Crippen LogP contribution in [0.1, 0.15) is 41.7 Å². The summed E-state index contributed by atoms with van der Waals surface area (Å²) in [6, 6.07) is 6.48. The summed E-state index contributed by atoms with van der Waals surface area (Å²) in [7, 11) is 3.50. The number of aryl methyl sites for hydroxylation is 3. The summed E-state index contributed by atoms with van der Waals surface area (Å²) in [5, 5.41) is 11.3. The highest BCUT2D eigenvalue weighted by atomic mass is 127. The molecule has 8 heteroatoms. The number of rotatable bonds is 5. The van der Waals surface area contributed by atoms with Crippen LogP contribution >= 0.6 is 24.0 Å². The molecule has 0 saturated heterocycles.